The highest BCUT2D eigenvalue weighted by molar-refractivity contribution is 9.10. The quantitative estimate of drug-likeness (QED) is 0.769. The van der Waals surface area contributed by atoms with Crippen LogP contribution in [-0.2, 0) is 0 Å². The van der Waals surface area contributed by atoms with E-state index < -0.39 is 5.91 Å². The SMILES string of the molecule is Cc1[nH]cc(C(=O)NC[C@H](C)CO)c(=O)c1Br. The number of rotatable bonds is 4. The number of H-pyrrole nitrogens is 1. The molecule has 0 aliphatic rings. The lowest BCUT2D eigenvalue weighted by atomic mass is 10.2. The Morgan fingerprint density at radius 3 is 2.88 bits per heavy atom. The fraction of sp³-hybridized carbons (Fsp3) is 0.455. The summed E-state index contributed by atoms with van der Waals surface area (Å²) in [5.41, 5.74) is 0.401. The molecule has 1 rings (SSSR count). The Kier molecular flexibility index (Phi) is 4.89. The van der Waals surface area contributed by atoms with Gasteiger partial charge in [-0.2, -0.15) is 0 Å². The van der Waals surface area contributed by atoms with Crippen LogP contribution in [0.2, 0.25) is 0 Å². The molecule has 1 aromatic heterocycles. The summed E-state index contributed by atoms with van der Waals surface area (Å²) in [4.78, 5) is 26.3. The molecule has 0 saturated heterocycles. The predicted octanol–water partition coefficient (Wildman–Crippen LogP) is 0.804. The lowest BCUT2D eigenvalue weighted by Gasteiger charge is -2.09. The highest BCUT2D eigenvalue weighted by Crippen LogP contribution is 2.08. The molecular weight excluding hydrogens is 288 g/mol. The zero-order valence-electron chi connectivity index (χ0n) is 9.71. The minimum atomic E-state index is -0.438. The van der Waals surface area contributed by atoms with Gasteiger partial charge in [0.05, 0.1) is 4.47 Å². The molecule has 0 radical (unpaired) electrons. The van der Waals surface area contributed by atoms with Gasteiger partial charge in [-0.1, -0.05) is 6.92 Å². The number of carbonyl (C=O) groups excluding carboxylic acids is 1. The van der Waals surface area contributed by atoms with Crippen molar-refractivity contribution in [1.82, 2.24) is 10.3 Å². The van der Waals surface area contributed by atoms with E-state index >= 15 is 0 Å². The molecule has 6 heteroatoms. The van der Waals surface area contributed by atoms with Gasteiger partial charge < -0.3 is 15.4 Å². The average molecular weight is 303 g/mol. The van der Waals surface area contributed by atoms with Gasteiger partial charge in [-0.05, 0) is 28.8 Å². The summed E-state index contributed by atoms with van der Waals surface area (Å²) < 4.78 is 0.361. The molecule has 1 heterocycles. The lowest BCUT2D eigenvalue weighted by Crippen LogP contribution is -2.33. The van der Waals surface area contributed by atoms with Crippen LogP contribution in [-0.4, -0.2) is 29.1 Å². The van der Waals surface area contributed by atoms with Gasteiger partial charge in [0.25, 0.3) is 5.91 Å². The number of hydrogen-bond acceptors (Lipinski definition) is 3. The molecule has 1 amide bonds. The van der Waals surface area contributed by atoms with Crippen LogP contribution >= 0.6 is 15.9 Å². The highest BCUT2D eigenvalue weighted by Gasteiger charge is 2.14. The van der Waals surface area contributed by atoms with E-state index in [-0.39, 0.29) is 23.5 Å². The van der Waals surface area contributed by atoms with E-state index in [2.05, 4.69) is 26.2 Å². The van der Waals surface area contributed by atoms with Crippen LogP contribution in [0.5, 0.6) is 0 Å². The molecule has 1 atom stereocenters. The third kappa shape index (κ3) is 3.41. The van der Waals surface area contributed by atoms with Crippen LogP contribution in [0.25, 0.3) is 0 Å². The molecule has 0 aromatic carbocycles. The Bertz CT molecular complexity index is 470. The number of aromatic amines is 1. The van der Waals surface area contributed by atoms with E-state index in [4.69, 9.17) is 5.11 Å². The van der Waals surface area contributed by atoms with Crippen LogP contribution in [0, 0.1) is 12.8 Å². The van der Waals surface area contributed by atoms with Crippen LogP contribution in [0.3, 0.4) is 0 Å². The smallest absolute Gasteiger partial charge is 0.256 e. The summed E-state index contributed by atoms with van der Waals surface area (Å²) >= 11 is 3.13. The second kappa shape index (κ2) is 5.97. The summed E-state index contributed by atoms with van der Waals surface area (Å²) in [5, 5.41) is 11.4. The van der Waals surface area contributed by atoms with Crippen LogP contribution in [0.15, 0.2) is 15.5 Å². The third-order valence-corrected chi connectivity index (χ3v) is 3.33. The van der Waals surface area contributed by atoms with Crippen molar-refractivity contribution in [2.75, 3.05) is 13.2 Å². The number of halogens is 1. The van der Waals surface area contributed by atoms with Crippen molar-refractivity contribution >= 4 is 21.8 Å². The summed E-state index contributed by atoms with van der Waals surface area (Å²) in [5.74, 6) is -0.473. The first-order valence-corrected chi connectivity index (χ1v) is 6.03. The molecule has 1 aromatic rings. The number of aryl methyl sites for hydroxylation is 1. The second-order valence-electron chi connectivity index (χ2n) is 3.97. The molecule has 0 unspecified atom stereocenters. The standard InChI is InChI=1S/C11H15BrN2O3/c1-6(5-15)3-14-11(17)8-4-13-7(2)9(12)10(8)16/h4,6,15H,3,5H2,1-2H3,(H,13,16)(H,14,17)/t6-/m0/s1. The molecule has 0 fully saturated rings. The summed E-state index contributed by atoms with van der Waals surface area (Å²) in [6.45, 7) is 3.87. The third-order valence-electron chi connectivity index (χ3n) is 2.37. The summed E-state index contributed by atoms with van der Waals surface area (Å²) in [7, 11) is 0. The van der Waals surface area contributed by atoms with Crippen molar-refractivity contribution in [3.63, 3.8) is 0 Å². The maximum Gasteiger partial charge on any atom is 0.256 e. The number of amides is 1. The van der Waals surface area contributed by atoms with Gasteiger partial charge in [-0.25, -0.2) is 0 Å². The molecule has 0 aliphatic heterocycles. The van der Waals surface area contributed by atoms with Crippen LogP contribution in [0.1, 0.15) is 23.0 Å². The van der Waals surface area contributed by atoms with Crippen LogP contribution < -0.4 is 10.7 Å². The van der Waals surface area contributed by atoms with Crippen molar-refractivity contribution in [2.45, 2.75) is 13.8 Å². The van der Waals surface area contributed by atoms with E-state index in [0.29, 0.717) is 16.7 Å². The number of carbonyl (C=O) groups is 1. The number of aliphatic hydroxyl groups excluding tert-OH is 1. The zero-order valence-corrected chi connectivity index (χ0v) is 11.3. The molecule has 0 spiro atoms. The van der Waals surface area contributed by atoms with Gasteiger partial charge in [0.1, 0.15) is 5.56 Å². The second-order valence-corrected chi connectivity index (χ2v) is 4.76. The first-order valence-electron chi connectivity index (χ1n) is 5.24. The Morgan fingerprint density at radius 1 is 1.65 bits per heavy atom. The van der Waals surface area contributed by atoms with E-state index in [1.807, 2.05) is 0 Å². The van der Waals surface area contributed by atoms with Crippen molar-refractivity contribution in [3.8, 4) is 0 Å². The Balaban J connectivity index is 2.84. The molecule has 17 heavy (non-hydrogen) atoms. The molecule has 94 valence electrons. The number of nitrogens with one attached hydrogen (secondary N) is 2. The van der Waals surface area contributed by atoms with E-state index in [1.54, 1.807) is 13.8 Å². The van der Waals surface area contributed by atoms with Crippen molar-refractivity contribution in [1.29, 1.82) is 0 Å². The number of hydrogen-bond donors (Lipinski definition) is 3. The van der Waals surface area contributed by atoms with Gasteiger partial charge in [0.15, 0.2) is 0 Å². The molecule has 0 bridgehead atoms. The maximum absolute atomic E-state index is 11.8. The largest absolute Gasteiger partial charge is 0.396 e. The van der Waals surface area contributed by atoms with E-state index in [1.165, 1.54) is 6.20 Å². The summed E-state index contributed by atoms with van der Waals surface area (Å²) in [6, 6.07) is 0. The van der Waals surface area contributed by atoms with Gasteiger partial charge >= 0.3 is 0 Å². The normalized spacial score (nSPS) is 12.2. The minimum absolute atomic E-state index is 0.00572. The number of aliphatic hydroxyl groups is 1. The van der Waals surface area contributed by atoms with E-state index in [0.717, 1.165) is 0 Å². The van der Waals surface area contributed by atoms with Crippen molar-refractivity contribution < 1.29 is 9.90 Å². The topological polar surface area (TPSA) is 82.2 Å². The van der Waals surface area contributed by atoms with Crippen molar-refractivity contribution in [2.24, 2.45) is 5.92 Å². The molecule has 5 nitrogen and oxygen atoms in total. The lowest BCUT2D eigenvalue weighted by molar-refractivity contribution is 0.0941. The first-order chi connectivity index (χ1) is 7.97. The fourth-order valence-electron chi connectivity index (χ4n) is 1.19. The Labute approximate surface area is 107 Å². The molecular formula is C11H15BrN2O3. The van der Waals surface area contributed by atoms with Crippen molar-refractivity contribution in [3.05, 3.63) is 32.2 Å². The molecule has 3 N–H and O–H groups in total. The fourth-order valence-corrected chi connectivity index (χ4v) is 1.52. The number of aromatic nitrogens is 1. The minimum Gasteiger partial charge on any atom is -0.396 e. The monoisotopic (exact) mass is 302 g/mol. The Morgan fingerprint density at radius 2 is 2.29 bits per heavy atom. The first kappa shape index (κ1) is 13.9. The maximum atomic E-state index is 11.8. The van der Waals surface area contributed by atoms with E-state index in [9.17, 15) is 9.59 Å². The molecule has 0 aliphatic carbocycles. The van der Waals surface area contributed by atoms with Gasteiger partial charge in [-0.15, -0.1) is 0 Å². The van der Waals surface area contributed by atoms with Gasteiger partial charge in [0, 0.05) is 25.0 Å². The summed E-state index contributed by atoms with van der Waals surface area (Å²) in [6.07, 6.45) is 1.39. The van der Waals surface area contributed by atoms with Gasteiger partial charge in [-0.3, -0.25) is 9.59 Å². The van der Waals surface area contributed by atoms with Crippen LogP contribution in [0.4, 0.5) is 0 Å². The predicted molar refractivity (Wildman–Crippen MR) is 68.1 cm³/mol. The average Bonchev–Trinajstić information content (AvgIpc) is 2.32. The molecule has 0 saturated carbocycles. The number of pyridine rings is 1. The zero-order chi connectivity index (χ0) is 13.0. The Hall–Kier alpha value is -1.14. The van der Waals surface area contributed by atoms with Gasteiger partial charge in [0.2, 0.25) is 5.43 Å². The highest BCUT2D eigenvalue weighted by atomic mass is 79.9.